The average Bonchev–Trinajstić information content (AvgIpc) is 2.55. The predicted molar refractivity (Wildman–Crippen MR) is 60.2 cm³/mol. The van der Waals surface area contributed by atoms with Crippen LogP contribution in [0.1, 0.15) is 22.0 Å². The van der Waals surface area contributed by atoms with Gasteiger partial charge in [0.25, 0.3) is 0 Å². The van der Waals surface area contributed by atoms with E-state index in [4.69, 9.17) is 5.11 Å². The molecule has 0 atom stereocenters. The van der Waals surface area contributed by atoms with E-state index in [1.807, 2.05) is 0 Å². The third-order valence-corrected chi connectivity index (χ3v) is 2.24. The second-order valence-corrected chi connectivity index (χ2v) is 3.09. The van der Waals surface area contributed by atoms with Gasteiger partial charge in [-0.25, -0.2) is 14.2 Å². The SMILES string of the molecule is Cl.Cl.O=C(O)c1c(CF)nc2n1CCNC2. The Hall–Kier alpha value is -0.850. The number of carbonyl (C=O) groups is 1. The molecule has 0 fully saturated rings. The van der Waals surface area contributed by atoms with Gasteiger partial charge in [0.05, 0.1) is 6.54 Å². The number of nitrogens with one attached hydrogen (secondary N) is 1. The molecule has 5 nitrogen and oxygen atoms in total. The molecule has 0 saturated carbocycles. The van der Waals surface area contributed by atoms with Gasteiger partial charge in [-0.1, -0.05) is 0 Å². The number of imidazole rings is 1. The Kier molecular flexibility index (Phi) is 5.71. The van der Waals surface area contributed by atoms with E-state index in [0.29, 0.717) is 25.5 Å². The molecular formula is C8H12Cl2FN3O2. The third kappa shape index (κ3) is 2.45. The van der Waals surface area contributed by atoms with Crippen LogP contribution in [0.15, 0.2) is 0 Å². The summed E-state index contributed by atoms with van der Waals surface area (Å²) in [6.07, 6.45) is 0. The summed E-state index contributed by atoms with van der Waals surface area (Å²) in [6.45, 7) is 0.890. The molecule has 0 spiro atoms. The maximum absolute atomic E-state index is 12.5. The van der Waals surface area contributed by atoms with Gasteiger partial charge < -0.3 is 15.0 Å². The Labute approximate surface area is 104 Å². The molecule has 2 rings (SSSR count). The number of hydrogen-bond acceptors (Lipinski definition) is 3. The molecule has 1 aliphatic heterocycles. The number of hydrogen-bond donors (Lipinski definition) is 2. The molecule has 1 aromatic rings. The van der Waals surface area contributed by atoms with Crippen LogP contribution < -0.4 is 5.32 Å². The molecule has 0 aliphatic carbocycles. The lowest BCUT2D eigenvalue weighted by Crippen LogP contribution is -2.29. The summed E-state index contributed by atoms with van der Waals surface area (Å²) < 4.78 is 14.0. The Morgan fingerprint density at radius 3 is 2.81 bits per heavy atom. The van der Waals surface area contributed by atoms with Crippen molar-refractivity contribution < 1.29 is 14.3 Å². The van der Waals surface area contributed by atoms with Crippen molar-refractivity contribution in [1.82, 2.24) is 14.9 Å². The molecule has 2 heterocycles. The van der Waals surface area contributed by atoms with Gasteiger partial charge in [0.1, 0.15) is 18.2 Å². The third-order valence-electron chi connectivity index (χ3n) is 2.24. The van der Waals surface area contributed by atoms with Crippen LogP contribution >= 0.6 is 24.8 Å². The van der Waals surface area contributed by atoms with Gasteiger partial charge in [-0.3, -0.25) is 0 Å². The van der Waals surface area contributed by atoms with Crippen LogP contribution in [0.5, 0.6) is 0 Å². The van der Waals surface area contributed by atoms with Crippen molar-refractivity contribution in [3.8, 4) is 0 Å². The lowest BCUT2D eigenvalue weighted by molar-refractivity contribution is 0.0681. The van der Waals surface area contributed by atoms with Gasteiger partial charge in [0.2, 0.25) is 0 Å². The van der Waals surface area contributed by atoms with Crippen LogP contribution in [0, 0.1) is 0 Å². The number of aromatic nitrogens is 2. The van der Waals surface area contributed by atoms with E-state index >= 15 is 0 Å². The summed E-state index contributed by atoms with van der Waals surface area (Å²) in [4.78, 5) is 14.8. The van der Waals surface area contributed by atoms with Gasteiger partial charge in [-0.2, -0.15) is 0 Å². The quantitative estimate of drug-likeness (QED) is 0.842. The molecule has 0 aromatic carbocycles. The Bertz CT molecular complexity index is 384. The van der Waals surface area contributed by atoms with Crippen LogP contribution in [-0.2, 0) is 19.8 Å². The fourth-order valence-electron chi connectivity index (χ4n) is 1.65. The number of rotatable bonds is 2. The van der Waals surface area contributed by atoms with Crippen molar-refractivity contribution in [2.24, 2.45) is 0 Å². The summed E-state index contributed by atoms with van der Waals surface area (Å²) in [5.41, 5.74) is 0.0141. The Morgan fingerprint density at radius 2 is 2.25 bits per heavy atom. The minimum atomic E-state index is -1.11. The number of nitrogens with zero attached hydrogens (tertiary/aromatic N) is 2. The molecular weight excluding hydrogens is 260 g/mol. The number of carboxylic acids is 1. The summed E-state index contributed by atoms with van der Waals surface area (Å²) >= 11 is 0. The Morgan fingerprint density at radius 1 is 1.56 bits per heavy atom. The predicted octanol–water partition coefficient (Wildman–Crippen LogP) is 0.998. The van der Waals surface area contributed by atoms with Gasteiger partial charge in [0.15, 0.2) is 5.69 Å². The minimum Gasteiger partial charge on any atom is -0.477 e. The van der Waals surface area contributed by atoms with E-state index in [0.717, 1.165) is 0 Å². The second-order valence-electron chi connectivity index (χ2n) is 3.09. The lowest BCUT2D eigenvalue weighted by atomic mass is 10.3. The monoisotopic (exact) mass is 271 g/mol. The molecule has 2 N–H and O–H groups in total. The average molecular weight is 272 g/mol. The maximum Gasteiger partial charge on any atom is 0.354 e. The fraction of sp³-hybridized carbons (Fsp3) is 0.500. The normalized spacial score (nSPS) is 13.3. The number of halogens is 3. The van der Waals surface area contributed by atoms with Crippen LogP contribution in [0.2, 0.25) is 0 Å². The number of alkyl halides is 1. The topological polar surface area (TPSA) is 67.1 Å². The van der Waals surface area contributed by atoms with E-state index in [1.54, 1.807) is 4.57 Å². The summed E-state index contributed by atoms with van der Waals surface area (Å²) in [5, 5.41) is 11.9. The van der Waals surface area contributed by atoms with Gasteiger partial charge in [-0.15, -0.1) is 24.8 Å². The largest absolute Gasteiger partial charge is 0.477 e. The zero-order valence-electron chi connectivity index (χ0n) is 8.27. The molecule has 0 radical (unpaired) electrons. The summed E-state index contributed by atoms with van der Waals surface area (Å²) in [6, 6.07) is 0. The van der Waals surface area contributed by atoms with Gasteiger partial charge in [0, 0.05) is 13.1 Å². The second kappa shape index (κ2) is 6.03. The number of carboxylic acid groups (broad SMARTS) is 1. The molecule has 0 unspecified atom stereocenters. The van der Waals surface area contributed by atoms with E-state index < -0.39 is 12.6 Å². The fourth-order valence-corrected chi connectivity index (χ4v) is 1.65. The highest BCUT2D eigenvalue weighted by atomic mass is 35.5. The van der Waals surface area contributed by atoms with Crippen molar-refractivity contribution in [3.63, 3.8) is 0 Å². The molecule has 0 saturated heterocycles. The van der Waals surface area contributed by atoms with Crippen LogP contribution in [0.4, 0.5) is 4.39 Å². The number of fused-ring (bicyclic) bond motifs is 1. The first kappa shape index (κ1) is 15.2. The zero-order chi connectivity index (χ0) is 10.1. The van der Waals surface area contributed by atoms with Gasteiger partial charge >= 0.3 is 5.97 Å². The van der Waals surface area contributed by atoms with E-state index in [-0.39, 0.29) is 36.2 Å². The Balaban J connectivity index is 0.00000112. The van der Waals surface area contributed by atoms with Crippen molar-refractivity contribution in [1.29, 1.82) is 0 Å². The van der Waals surface area contributed by atoms with Gasteiger partial charge in [-0.05, 0) is 0 Å². The van der Waals surface area contributed by atoms with Crippen molar-refractivity contribution >= 4 is 30.8 Å². The van der Waals surface area contributed by atoms with Crippen LogP contribution in [0.25, 0.3) is 0 Å². The maximum atomic E-state index is 12.5. The molecule has 1 aromatic heterocycles. The molecule has 0 bridgehead atoms. The van der Waals surface area contributed by atoms with Crippen molar-refractivity contribution in [2.75, 3.05) is 6.54 Å². The molecule has 0 amide bonds. The first-order valence-corrected chi connectivity index (χ1v) is 4.32. The van der Waals surface area contributed by atoms with E-state index in [1.165, 1.54) is 0 Å². The van der Waals surface area contributed by atoms with E-state index in [9.17, 15) is 9.18 Å². The lowest BCUT2D eigenvalue weighted by Gasteiger charge is -2.15. The number of aromatic carboxylic acids is 1. The first-order chi connectivity index (χ1) is 6.74. The highest BCUT2D eigenvalue weighted by molar-refractivity contribution is 5.87. The first-order valence-electron chi connectivity index (χ1n) is 4.32. The van der Waals surface area contributed by atoms with Crippen LogP contribution in [-0.4, -0.2) is 27.2 Å². The van der Waals surface area contributed by atoms with Crippen molar-refractivity contribution in [3.05, 3.63) is 17.2 Å². The zero-order valence-corrected chi connectivity index (χ0v) is 9.91. The minimum absolute atomic E-state index is 0. The molecule has 1 aliphatic rings. The molecule has 16 heavy (non-hydrogen) atoms. The van der Waals surface area contributed by atoms with Crippen LogP contribution in [0.3, 0.4) is 0 Å². The highest BCUT2D eigenvalue weighted by Crippen LogP contribution is 2.15. The summed E-state index contributed by atoms with van der Waals surface area (Å²) in [5.74, 6) is -0.514. The van der Waals surface area contributed by atoms with E-state index in [2.05, 4.69) is 10.3 Å². The summed E-state index contributed by atoms with van der Waals surface area (Å²) in [7, 11) is 0. The molecule has 92 valence electrons. The molecule has 8 heteroatoms. The standard InChI is InChI=1S/C8H10FN3O2.2ClH/c9-3-5-7(8(13)14)12-2-1-10-4-6(12)11-5;;/h10H,1-4H2,(H,13,14);2*1H. The smallest absolute Gasteiger partial charge is 0.354 e. The highest BCUT2D eigenvalue weighted by Gasteiger charge is 2.23. The van der Waals surface area contributed by atoms with Crippen molar-refractivity contribution in [2.45, 2.75) is 19.8 Å².